The number of amides is 2. The van der Waals surface area contributed by atoms with Crippen LogP contribution in [-0.2, 0) is 0 Å². The average molecular weight is 248 g/mol. The first kappa shape index (κ1) is 11.7. The van der Waals surface area contributed by atoms with Gasteiger partial charge in [0, 0.05) is 18.6 Å². The Morgan fingerprint density at radius 3 is 2.67 bits per heavy atom. The predicted molar refractivity (Wildman–Crippen MR) is 69.7 cm³/mol. The second kappa shape index (κ2) is 3.82. The number of amidine groups is 1. The van der Waals surface area contributed by atoms with Crippen molar-refractivity contribution < 1.29 is 4.79 Å². The van der Waals surface area contributed by atoms with E-state index in [1.807, 2.05) is 0 Å². The molecule has 0 aromatic rings. The Morgan fingerprint density at radius 1 is 1.50 bits per heavy atom. The fraction of sp³-hybridized carbons (Fsp3) is 0.692. The molecule has 2 N–H and O–H groups in total. The summed E-state index contributed by atoms with van der Waals surface area (Å²) in [5.74, 6) is 0.388. The van der Waals surface area contributed by atoms with Crippen LogP contribution in [0.4, 0.5) is 4.79 Å². The van der Waals surface area contributed by atoms with Crippen LogP contribution in [0, 0.1) is 5.41 Å². The van der Waals surface area contributed by atoms with E-state index in [0.29, 0.717) is 24.5 Å². The van der Waals surface area contributed by atoms with Gasteiger partial charge < -0.3 is 9.80 Å². The van der Waals surface area contributed by atoms with Crippen LogP contribution in [0.25, 0.3) is 0 Å². The summed E-state index contributed by atoms with van der Waals surface area (Å²) in [5.41, 5.74) is -0.399. The SMILES string of the molecule is C=CCN1C(=O)NC(=N)C12CC1CCC(C2)N1C. The van der Waals surface area contributed by atoms with Gasteiger partial charge in [-0.05, 0) is 32.7 Å². The molecular formula is C13H20N4O. The molecule has 0 radical (unpaired) electrons. The third kappa shape index (κ3) is 1.37. The third-order valence-electron chi connectivity index (χ3n) is 4.90. The van der Waals surface area contributed by atoms with Crippen LogP contribution in [0.15, 0.2) is 12.7 Å². The largest absolute Gasteiger partial charge is 0.323 e. The number of nitrogens with one attached hydrogen (secondary N) is 2. The van der Waals surface area contributed by atoms with Gasteiger partial charge in [0.05, 0.1) is 0 Å². The summed E-state index contributed by atoms with van der Waals surface area (Å²) in [7, 11) is 2.17. The van der Waals surface area contributed by atoms with Gasteiger partial charge in [0.25, 0.3) is 0 Å². The summed E-state index contributed by atoms with van der Waals surface area (Å²) in [5, 5.41) is 10.9. The number of nitrogens with zero attached hydrogens (tertiary/aromatic N) is 2. The van der Waals surface area contributed by atoms with E-state index in [1.165, 1.54) is 12.8 Å². The van der Waals surface area contributed by atoms with Gasteiger partial charge >= 0.3 is 6.03 Å². The summed E-state index contributed by atoms with van der Waals surface area (Å²) in [6, 6.07) is 0.872. The Hall–Kier alpha value is -1.36. The zero-order chi connectivity index (χ0) is 12.9. The van der Waals surface area contributed by atoms with Crippen molar-refractivity contribution in [2.45, 2.75) is 43.3 Å². The van der Waals surface area contributed by atoms with Gasteiger partial charge in [0.1, 0.15) is 11.4 Å². The Kier molecular flexibility index (Phi) is 2.48. The number of hydrogen-bond donors (Lipinski definition) is 2. The number of rotatable bonds is 2. The molecule has 3 aliphatic rings. The highest BCUT2D eigenvalue weighted by Gasteiger charge is 2.57. The zero-order valence-corrected chi connectivity index (χ0v) is 10.8. The van der Waals surface area contributed by atoms with Gasteiger partial charge in [0.2, 0.25) is 0 Å². The molecule has 3 fully saturated rings. The van der Waals surface area contributed by atoms with Crippen molar-refractivity contribution in [1.29, 1.82) is 5.41 Å². The minimum absolute atomic E-state index is 0.135. The Labute approximate surface area is 107 Å². The van der Waals surface area contributed by atoms with E-state index in [9.17, 15) is 4.79 Å². The van der Waals surface area contributed by atoms with Crippen molar-refractivity contribution in [1.82, 2.24) is 15.1 Å². The maximum Gasteiger partial charge on any atom is 0.323 e. The van der Waals surface area contributed by atoms with Gasteiger partial charge in [0.15, 0.2) is 0 Å². The van der Waals surface area contributed by atoms with Crippen molar-refractivity contribution in [3.05, 3.63) is 12.7 Å². The molecule has 98 valence electrons. The monoisotopic (exact) mass is 248 g/mol. The van der Waals surface area contributed by atoms with Gasteiger partial charge in [-0.25, -0.2) is 4.79 Å². The van der Waals surface area contributed by atoms with Crippen molar-refractivity contribution in [2.24, 2.45) is 0 Å². The molecule has 2 bridgehead atoms. The summed E-state index contributed by atoms with van der Waals surface area (Å²) in [6.45, 7) is 4.25. The smallest absolute Gasteiger partial charge is 0.308 e. The Bertz CT molecular complexity index is 405. The summed E-state index contributed by atoms with van der Waals surface area (Å²) >= 11 is 0. The molecular weight excluding hydrogens is 228 g/mol. The molecule has 18 heavy (non-hydrogen) atoms. The molecule has 0 saturated carbocycles. The number of urea groups is 1. The summed E-state index contributed by atoms with van der Waals surface area (Å²) in [4.78, 5) is 16.2. The van der Waals surface area contributed by atoms with E-state index in [0.717, 1.165) is 12.8 Å². The van der Waals surface area contributed by atoms with Crippen LogP contribution < -0.4 is 5.32 Å². The molecule has 3 rings (SSSR count). The molecule has 5 nitrogen and oxygen atoms in total. The van der Waals surface area contributed by atoms with E-state index in [-0.39, 0.29) is 6.03 Å². The van der Waals surface area contributed by atoms with Gasteiger partial charge in [-0.15, -0.1) is 6.58 Å². The second-order valence-electron chi connectivity index (χ2n) is 5.69. The van der Waals surface area contributed by atoms with Crippen LogP contribution in [0.3, 0.4) is 0 Å². The lowest BCUT2D eigenvalue weighted by atomic mass is 9.81. The molecule has 0 aromatic carbocycles. The highest BCUT2D eigenvalue weighted by atomic mass is 16.2. The van der Waals surface area contributed by atoms with E-state index in [1.54, 1.807) is 11.0 Å². The van der Waals surface area contributed by atoms with Crippen molar-refractivity contribution in [3.63, 3.8) is 0 Å². The second-order valence-corrected chi connectivity index (χ2v) is 5.69. The van der Waals surface area contributed by atoms with Crippen LogP contribution >= 0.6 is 0 Å². The lowest BCUT2D eigenvalue weighted by Crippen LogP contribution is -2.59. The number of carbonyl (C=O) groups excluding carboxylic acids is 1. The van der Waals surface area contributed by atoms with Crippen LogP contribution in [0.5, 0.6) is 0 Å². The number of piperidine rings is 1. The molecule has 2 atom stereocenters. The highest BCUT2D eigenvalue weighted by molar-refractivity contribution is 6.08. The summed E-state index contributed by atoms with van der Waals surface area (Å²) in [6.07, 6.45) is 5.88. The van der Waals surface area contributed by atoms with E-state index < -0.39 is 5.54 Å². The van der Waals surface area contributed by atoms with Crippen molar-refractivity contribution in [3.8, 4) is 0 Å². The molecule has 3 saturated heterocycles. The molecule has 1 spiro atoms. The molecule has 0 aromatic heterocycles. The lowest BCUT2D eigenvalue weighted by Gasteiger charge is -2.46. The Morgan fingerprint density at radius 2 is 2.11 bits per heavy atom. The highest BCUT2D eigenvalue weighted by Crippen LogP contribution is 2.44. The van der Waals surface area contributed by atoms with Gasteiger partial charge in [-0.3, -0.25) is 10.7 Å². The molecule has 3 heterocycles. The first-order chi connectivity index (χ1) is 8.58. The summed E-state index contributed by atoms with van der Waals surface area (Å²) < 4.78 is 0. The average Bonchev–Trinajstić information content (AvgIpc) is 2.70. The number of carbonyl (C=O) groups is 1. The van der Waals surface area contributed by atoms with Gasteiger partial charge in [-0.1, -0.05) is 6.08 Å². The zero-order valence-electron chi connectivity index (χ0n) is 10.8. The topological polar surface area (TPSA) is 59.4 Å². The maximum atomic E-state index is 12.0. The number of hydrogen-bond acceptors (Lipinski definition) is 3. The fourth-order valence-corrected chi connectivity index (χ4v) is 3.88. The minimum atomic E-state index is -0.399. The van der Waals surface area contributed by atoms with Crippen LogP contribution in [0.1, 0.15) is 25.7 Å². The molecule has 2 unspecified atom stereocenters. The van der Waals surface area contributed by atoms with E-state index in [4.69, 9.17) is 5.41 Å². The maximum absolute atomic E-state index is 12.0. The minimum Gasteiger partial charge on any atom is -0.308 e. The quantitative estimate of drug-likeness (QED) is 0.721. The number of fused-ring (bicyclic) bond motifs is 2. The van der Waals surface area contributed by atoms with Crippen LogP contribution in [-0.4, -0.2) is 52.9 Å². The third-order valence-corrected chi connectivity index (χ3v) is 4.90. The Balaban J connectivity index is 1.95. The standard InChI is InChI=1S/C13H20N4O/c1-3-6-17-12(18)15-11(14)13(17)7-9-4-5-10(8-13)16(9)2/h3,9-10H,1,4-8H2,2H3,(H2,14,15,18). The molecule has 2 amide bonds. The molecule has 3 aliphatic heterocycles. The predicted octanol–water partition coefficient (Wildman–Crippen LogP) is 1.17. The normalized spacial score (nSPS) is 39.5. The van der Waals surface area contributed by atoms with Crippen LogP contribution in [0.2, 0.25) is 0 Å². The lowest BCUT2D eigenvalue weighted by molar-refractivity contribution is 0.0757. The van der Waals surface area contributed by atoms with Crippen molar-refractivity contribution in [2.75, 3.05) is 13.6 Å². The van der Waals surface area contributed by atoms with Gasteiger partial charge in [-0.2, -0.15) is 0 Å². The fourth-order valence-electron chi connectivity index (χ4n) is 3.88. The first-order valence-electron chi connectivity index (χ1n) is 6.59. The first-order valence-corrected chi connectivity index (χ1v) is 6.59. The molecule has 0 aliphatic carbocycles. The van der Waals surface area contributed by atoms with E-state index >= 15 is 0 Å². The van der Waals surface area contributed by atoms with Crippen molar-refractivity contribution >= 4 is 11.9 Å². The van der Waals surface area contributed by atoms with E-state index in [2.05, 4.69) is 23.8 Å². The molecule has 5 heteroatoms.